The van der Waals surface area contributed by atoms with Crippen molar-refractivity contribution in [2.45, 2.75) is 125 Å². The lowest BCUT2D eigenvalue weighted by molar-refractivity contribution is -0.0368. The van der Waals surface area contributed by atoms with Gasteiger partial charge in [-0.05, 0) is 93.5 Å². The molecule has 4 aromatic carbocycles. The van der Waals surface area contributed by atoms with Crippen LogP contribution < -0.4 is 0 Å². The van der Waals surface area contributed by atoms with Crippen molar-refractivity contribution in [2.24, 2.45) is 5.41 Å². The van der Waals surface area contributed by atoms with E-state index in [0.29, 0.717) is 19.3 Å². The fourth-order valence-corrected chi connectivity index (χ4v) is 11.2. The van der Waals surface area contributed by atoms with E-state index in [1.165, 1.54) is 12.1 Å². The molecule has 3 atom stereocenters. The number of nitrogens with zero attached hydrogens (tertiary/aromatic N) is 3. The Balaban J connectivity index is 1.30. The van der Waals surface area contributed by atoms with Crippen LogP contribution in [-0.2, 0) is 25.7 Å². The molecule has 7 rings (SSSR count). The molecule has 1 amide bonds. The largest absolute Gasteiger partial charge is 0.443 e. The van der Waals surface area contributed by atoms with E-state index < -0.39 is 39.4 Å². The number of sulfonamides is 1. The van der Waals surface area contributed by atoms with Gasteiger partial charge in [-0.25, -0.2) is 18.2 Å². The monoisotopic (exact) mass is 787 g/mol. The van der Waals surface area contributed by atoms with E-state index >= 15 is 0 Å². The molecular formula is C48H57N3O5S. The van der Waals surface area contributed by atoms with Gasteiger partial charge in [0.25, 0.3) is 10.0 Å². The van der Waals surface area contributed by atoms with Gasteiger partial charge < -0.3 is 14.4 Å². The summed E-state index contributed by atoms with van der Waals surface area (Å²) in [4.78, 5) is 19.2. The number of aliphatic hydroxyl groups excluding tert-OH is 1. The summed E-state index contributed by atoms with van der Waals surface area (Å²) in [6.07, 6.45) is 10.5. The van der Waals surface area contributed by atoms with Crippen LogP contribution in [0.4, 0.5) is 4.79 Å². The van der Waals surface area contributed by atoms with E-state index in [0.717, 1.165) is 71.6 Å². The Bertz CT molecular complexity index is 2100. The van der Waals surface area contributed by atoms with Gasteiger partial charge in [-0.1, -0.05) is 142 Å². The molecule has 0 radical (unpaired) electrons. The summed E-state index contributed by atoms with van der Waals surface area (Å²) in [5.41, 5.74) is 2.01. The van der Waals surface area contributed by atoms with Crippen molar-refractivity contribution in [3.8, 4) is 0 Å². The fourth-order valence-electron chi connectivity index (χ4n) is 9.67. The number of ether oxygens (including phenoxy) is 1. The third-order valence-corrected chi connectivity index (χ3v) is 14.3. The van der Waals surface area contributed by atoms with E-state index in [-0.39, 0.29) is 15.7 Å². The van der Waals surface area contributed by atoms with Crippen LogP contribution in [-0.4, -0.2) is 51.2 Å². The first-order valence-corrected chi connectivity index (χ1v) is 22.0. The summed E-state index contributed by atoms with van der Waals surface area (Å²) in [5.74, 6) is 0. The van der Waals surface area contributed by atoms with Gasteiger partial charge in [0.05, 0.1) is 29.1 Å². The van der Waals surface area contributed by atoms with Gasteiger partial charge in [0.1, 0.15) is 11.1 Å². The van der Waals surface area contributed by atoms with E-state index in [1.54, 1.807) is 39.0 Å². The molecule has 2 aliphatic rings. The van der Waals surface area contributed by atoms with Crippen LogP contribution >= 0.6 is 0 Å². The second-order valence-electron chi connectivity index (χ2n) is 17.1. The van der Waals surface area contributed by atoms with E-state index in [4.69, 9.17) is 9.72 Å². The van der Waals surface area contributed by atoms with E-state index in [2.05, 4.69) is 90.5 Å². The molecule has 2 fully saturated rings. The number of aliphatic hydroxyl groups is 1. The lowest BCUT2D eigenvalue weighted by atomic mass is 9.58. The van der Waals surface area contributed by atoms with Gasteiger partial charge in [-0.2, -0.15) is 4.31 Å². The van der Waals surface area contributed by atoms with E-state index in [9.17, 15) is 18.3 Å². The number of imidazole rings is 1. The third-order valence-electron chi connectivity index (χ3n) is 12.4. The maximum Gasteiger partial charge on any atom is 0.424 e. The first-order valence-electron chi connectivity index (χ1n) is 20.6. The van der Waals surface area contributed by atoms with Crippen molar-refractivity contribution >= 4 is 16.1 Å². The normalized spacial score (nSPS) is 20.8. The van der Waals surface area contributed by atoms with Crippen molar-refractivity contribution in [1.82, 2.24) is 13.9 Å². The molecule has 5 aromatic rings. The molecule has 300 valence electrons. The smallest absolute Gasteiger partial charge is 0.424 e. The number of carbonyl (C=O) groups excluding carboxylic acids is 1. The zero-order chi connectivity index (χ0) is 40.3. The number of benzene rings is 4. The molecule has 0 saturated heterocycles. The predicted octanol–water partition coefficient (Wildman–Crippen LogP) is 10.3. The van der Waals surface area contributed by atoms with Gasteiger partial charge in [-0.3, -0.25) is 0 Å². The molecule has 3 unspecified atom stereocenters. The van der Waals surface area contributed by atoms with Crippen molar-refractivity contribution in [3.05, 3.63) is 156 Å². The molecule has 2 saturated carbocycles. The number of hydrogen-bond acceptors (Lipinski definition) is 6. The van der Waals surface area contributed by atoms with Crippen LogP contribution in [0.3, 0.4) is 0 Å². The third kappa shape index (κ3) is 7.68. The molecule has 0 bridgehead atoms. The minimum absolute atomic E-state index is 0.0117. The van der Waals surface area contributed by atoms with Gasteiger partial charge in [-0.15, -0.1) is 0 Å². The van der Waals surface area contributed by atoms with Crippen LogP contribution in [0.15, 0.2) is 139 Å². The average Bonchev–Trinajstić information content (AvgIpc) is 3.89. The maximum absolute atomic E-state index is 14.3. The van der Waals surface area contributed by atoms with Crippen LogP contribution in [0, 0.1) is 5.41 Å². The minimum atomic E-state index is -4.35. The Morgan fingerprint density at radius 3 is 1.81 bits per heavy atom. The first-order chi connectivity index (χ1) is 27.4. The molecule has 1 aromatic heterocycles. The highest BCUT2D eigenvalue weighted by molar-refractivity contribution is 7.89. The maximum atomic E-state index is 14.3. The van der Waals surface area contributed by atoms with Crippen molar-refractivity contribution in [1.29, 1.82) is 0 Å². The van der Waals surface area contributed by atoms with Crippen molar-refractivity contribution < 1.29 is 23.1 Å². The summed E-state index contributed by atoms with van der Waals surface area (Å²) < 4.78 is 37.4. The topological polar surface area (TPSA) is 102 Å². The molecule has 2 aliphatic carbocycles. The van der Waals surface area contributed by atoms with Crippen LogP contribution in [0.25, 0.3) is 0 Å². The van der Waals surface area contributed by atoms with Gasteiger partial charge in [0, 0.05) is 11.6 Å². The lowest BCUT2D eigenvalue weighted by Gasteiger charge is -2.50. The molecule has 1 heterocycles. The minimum Gasteiger partial charge on any atom is -0.443 e. The highest BCUT2D eigenvalue weighted by Gasteiger charge is 2.63. The Morgan fingerprint density at radius 1 is 0.807 bits per heavy atom. The molecule has 0 aliphatic heterocycles. The summed E-state index contributed by atoms with van der Waals surface area (Å²) in [7, 11) is -4.35. The number of amides is 1. The van der Waals surface area contributed by atoms with E-state index in [1.807, 2.05) is 24.5 Å². The number of hydrogen-bond donors (Lipinski definition) is 1. The predicted molar refractivity (Wildman–Crippen MR) is 224 cm³/mol. The molecular weight excluding hydrogens is 731 g/mol. The Kier molecular flexibility index (Phi) is 11.5. The highest BCUT2D eigenvalue weighted by atomic mass is 32.2. The molecule has 0 spiro atoms. The Morgan fingerprint density at radius 2 is 1.33 bits per heavy atom. The average molecular weight is 788 g/mol. The van der Waals surface area contributed by atoms with Crippen molar-refractivity contribution in [2.75, 3.05) is 0 Å². The standard InChI is InChI=1S/C48H57N3O5S/c1-5-6-7-20-30-46(31-29-41(42(52)34-46)51(44(53)56-45(2,3)4)57(54,55)40-27-18-11-19-28-40)47(32-33-47)43-35-50(36-49-43)48(37-21-12-8-13-22-37,38-23-14-9-15-24-38)39-25-16-10-17-26-39/h8-19,21-28,35-36,41-42,52H,5-7,20,29-34H2,1-4H3. The second kappa shape index (κ2) is 16.3. The Hall–Kier alpha value is -4.73. The van der Waals surface area contributed by atoms with Crippen LogP contribution in [0.5, 0.6) is 0 Å². The Labute approximate surface area is 339 Å². The lowest BCUT2D eigenvalue weighted by Crippen LogP contribution is -2.56. The van der Waals surface area contributed by atoms with Gasteiger partial charge in [0.15, 0.2) is 0 Å². The molecule has 9 heteroatoms. The fraction of sp³-hybridized carbons (Fsp3) is 0.417. The number of carbonyl (C=O) groups is 1. The summed E-state index contributed by atoms with van der Waals surface area (Å²) in [6, 6.07) is 38.7. The van der Waals surface area contributed by atoms with Gasteiger partial charge >= 0.3 is 6.09 Å². The highest BCUT2D eigenvalue weighted by Crippen LogP contribution is 2.67. The number of aromatic nitrogens is 2. The van der Waals surface area contributed by atoms with Gasteiger partial charge in [0.2, 0.25) is 0 Å². The molecule has 8 nitrogen and oxygen atoms in total. The summed E-state index contributed by atoms with van der Waals surface area (Å²) >= 11 is 0. The van der Waals surface area contributed by atoms with Crippen LogP contribution in [0.2, 0.25) is 0 Å². The number of rotatable bonds is 14. The first kappa shape index (κ1) is 40.5. The SMILES string of the molecule is CCCCCCC1(C2(c3cn(C(c4ccccc4)(c4ccccc4)c4ccccc4)cn3)CC2)CCC(N(C(=O)OC(C)(C)C)S(=O)(=O)c2ccccc2)C(O)C1. The molecule has 57 heavy (non-hydrogen) atoms. The quantitative estimate of drug-likeness (QED) is 0.0888. The number of unbranched alkanes of at least 4 members (excludes halogenated alkanes) is 3. The zero-order valence-electron chi connectivity index (χ0n) is 33.8. The molecule has 1 N–H and O–H groups in total. The summed E-state index contributed by atoms with van der Waals surface area (Å²) in [6.45, 7) is 7.36. The zero-order valence-corrected chi connectivity index (χ0v) is 34.6. The summed E-state index contributed by atoms with van der Waals surface area (Å²) in [5, 5.41) is 12.3. The van der Waals surface area contributed by atoms with Crippen LogP contribution in [0.1, 0.15) is 114 Å². The van der Waals surface area contributed by atoms with Crippen molar-refractivity contribution in [3.63, 3.8) is 0 Å². The second-order valence-corrected chi connectivity index (χ2v) is 18.9.